The lowest BCUT2D eigenvalue weighted by Gasteiger charge is -2.22. The quantitative estimate of drug-likeness (QED) is 0.486. The summed E-state index contributed by atoms with van der Waals surface area (Å²) in [5.74, 6) is -0.890. The smallest absolute Gasteiger partial charge is 0.275 e. The van der Waals surface area contributed by atoms with E-state index in [2.05, 4.69) is 15.7 Å². The molecule has 0 spiro atoms. The Kier molecular flexibility index (Phi) is 5.91. The lowest BCUT2D eigenvalue weighted by Crippen LogP contribution is -2.37. The lowest BCUT2D eigenvalue weighted by molar-refractivity contribution is 0.0814. The summed E-state index contributed by atoms with van der Waals surface area (Å²) >= 11 is 0. The van der Waals surface area contributed by atoms with Crippen molar-refractivity contribution in [2.45, 2.75) is 25.8 Å². The highest BCUT2D eigenvalue weighted by Crippen LogP contribution is 2.32. The van der Waals surface area contributed by atoms with E-state index in [1.54, 1.807) is 14.1 Å². The second-order valence-electron chi connectivity index (χ2n) is 7.30. The fourth-order valence-corrected chi connectivity index (χ4v) is 3.29. The molecule has 0 aliphatic carbocycles. The molecule has 0 aliphatic heterocycles. The van der Waals surface area contributed by atoms with Crippen molar-refractivity contribution < 1.29 is 9.90 Å². The van der Waals surface area contributed by atoms with Crippen molar-refractivity contribution >= 4 is 23.1 Å². The van der Waals surface area contributed by atoms with Crippen molar-refractivity contribution in [3.05, 3.63) is 62.0 Å². The third kappa shape index (κ3) is 3.78. The summed E-state index contributed by atoms with van der Waals surface area (Å²) in [6, 6.07) is 9.49. The summed E-state index contributed by atoms with van der Waals surface area (Å²) in [6.45, 7) is 2.04. The van der Waals surface area contributed by atoms with E-state index < -0.39 is 16.8 Å². The van der Waals surface area contributed by atoms with Crippen LogP contribution in [0, 0.1) is 0 Å². The maximum absolute atomic E-state index is 12.3. The Morgan fingerprint density at radius 2 is 1.80 bits per heavy atom. The van der Waals surface area contributed by atoms with Crippen LogP contribution in [0.5, 0.6) is 5.75 Å². The molecule has 0 aliphatic rings. The molecule has 158 valence electrons. The summed E-state index contributed by atoms with van der Waals surface area (Å²) in [7, 11) is 4.62. The average Bonchev–Trinajstić information content (AvgIpc) is 3.02. The Bertz CT molecular complexity index is 1130. The molecule has 0 unspecified atom stereocenters. The largest absolute Gasteiger partial charge is 0.503 e. The summed E-state index contributed by atoms with van der Waals surface area (Å²) in [6.07, 6.45) is 1.64. The number of aryl methyl sites for hydroxylation is 1. The van der Waals surface area contributed by atoms with Gasteiger partial charge in [0, 0.05) is 21.1 Å². The van der Waals surface area contributed by atoms with Gasteiger partial charge in [-0.3, -0.25) is 19.1 Å². The van der Waals surface area contributed by atoms with Crippen LogP contribution in [0.25, 0.3) is 0 Å². The van der Waals surface area contributed by atoms with E-state index in [9.17, 15) is 19.5 Å². The van der Waals surface area contributed by atoms with Crippen molar-refractivity contribution in [2.75, 3.05) is 24.7 Å². The van der Waals surface area contributed by atoms with Gasteiger partial charge in [-0.1, -0.05) is 43.7 Å². The van der Waals surface area contributed by atoms with Gasteiger partial charge in [0.15, 0.2) is 17.3 Å². The number of anilines is 3. The minimum Gasteiger partial charge on any atom is -0.503 e. The van der Waals surface area contributed by atoms with E-state index in [-0.39, 0.29) is 34.7 Å². The fraction of sp³-hybridized carbons (Fsp3) is 0.333. The monoisotopic (exact) mass is 411 g/mol. The number of benzene rings is 1. The third-order valence-electron chi connectivity index (χ3n) is 4.88. The molecule has 0 saturated carbocycles. The number of hydrogen-bond acceptors (Lipinski definition) is 7. The van der Waals surface area contributed by atoms with Crippen LogP contribution in [0.4, 0.5) is 17.2 Å². The zero-order chi connectivity index (χ0) is 22.0. The standard InChI is InChI=1S/C21H25N5O4/c1-5-9-13(12-10-7-6-8-11-12)22-14-15(18(28)17(14)27)23-20-19(29)16(26(4)24-20)21(30)25(2)3/h6-8,10-11,13,22,29H,5,9H2,1-4H3,(H,23,24)/t13-/m1/s1. The maximum atomic E-state index is 12.3. The molecule has 30 heavy (non-hydrogen) atoms. The van der Waals surface area contributed by atoms with Crippen molar-refractivity contribution in [1.82, 2.24) is 14.7 Å². The molecule has 2 aromatic carbocycles. The van der Waals surface area contributed by atoms with Crippen molar-refractivity contribution in [1.29, 1.82) is 0 Å². The van der Waals surface area contributed by atoms with Gasteiger partial charge in [0.05, 0.1) is 6.04 Å². The predicted molar refractivity (Wildman–Crippen MR) is 115 cm³/mol. The highest BCUT2D eigenvalue weighted by Gasteiger charge is 2.28. The number of nitrogens with zero attached hydrogens (tertiary/aromatic N) is 3. The molecule has 1 atom stereocenters. The van der Waals surface area contributed by atoms with Gasteiger partial charge in [0.2, 0.25) is 0 Å². The van der Waals surface area contributed by atoms with Crippen molar-refractivity contribution in [3.63, 3.8) is 0 Å². The molecule has 9 nitrogen and oxygen atoms in total. The molecular weight excluding hydrogens is 386 g/mol. The van der Waals surface area contributed by atoms with Crippen LogP contribution in [0.2, 0.25) is 0 Å². The molecule has 1 amide bonds. The first-order chi connectivity index (χ1) is 14.3. The Balaban J connectivity index is 1.91. The molecule has 0 bridgehead atoms. The first-order valence-electron chi connectivity index (χ1n) is 9.65. The molecule has 1 aromatic heterocycles. The second kappa shape index (κ2) is 8.40. The van der Waals surface area contributed by atoms with E-state index >= 15 is 0 Å². The number of nitrogens with one attached hydrogen (secondary N) is 2. The molecule has 3 aromatic rings. The van der Waals surface area contributed by atoms with Gasteiger partial charge in [-0.25, -0.2) is 0 Å². The van der Waals surface area contributed by atoms with E-state index in [1.807, 2.05) is 37.3 Å². The molecule has 9 heteroatoms. The van der Waals surface area contributed by atoms with E-state index in [0.717, 1.165) is 18.4 Å². The summed E-state index contributed by atoms with van der Waals surface area (Å²) in [5, 5.41) is 20.4. The van der Waals surface area contributed by atoms with Crippen LogP contribution in [0.3, 0.4) is 0 Å². The van der Waals surface area contributed by atoms with Gasteiger partial charge in [0.25, 0.3) is 16.8 Å². The number of aromatic hydroxyl groups is 1. The lowest BCUT2D eigenvalue weighted by atomic mass is 10.0. The number of carbonyl (C=O) groups excluding carboxylic acids is 1. The van der Waals surface area contributed by atoms with Gasteiger partial charge >= 0.3 is 0 Å². The van der Waals surface area contributed by atoms with Crippen LogP contribution >= 0.6 is 0 Å². The molecule has 3 rings (SSSR count). The number of carbonyl (C=O) groups is 1. The van der Waals surface area contributed by atoms with E-state index in [0.29, 0.717) is 0 Å². The first kappa shape index (κ1) is 21.1. The maximum Gasteiger partial charge on any atom is 0.275 e. The number of aromatic nitrogens is 2. The topological polar surface area (TPSA) is 117 Å². The SMILES string of the molecule is CCC[C@@H](Nc1c(Nc2nn(C)c(C(=O)N(C)C)c2O)c(=O)c1=O)c1ccccc1. The van der Waals surface area contributed by atoms with E-state index in [4.69, 9.17) is 0 Å². The third-order valence-corrected chi connectivity index (χ3v) is 4.88. The van der Waals surface area contributed by atoms with Crippen molar-refractivity contribution in [2.24, 2.45) is 7.05 Å². The molecule has 0 fully saturated rings. The number of hydrogen-bond donors (Lipinski definition) is 3. The molecular formula is C21H25N5O4. The summed E-state index contributed by atoms with van der Waals surface area (Å²) < 4.78 is 1.22. The van der Waals surface area contributed by atoms with Crippen LogP contribution in [0.1, 0.15) is 41.9 Å². The van der Waals surface area contributed by atoms with Crippen LogP contribution < -0.4 is 21.5 Å². The Morgan fingerprint density at radius 1 is 1.17 bits per heavy atom. The normalized spacial score (nSPS) is 12.0. The molecule has 1 heterocycles. The van der Waals surface area contributed by atoms with Gasteiger partial charge < -0.3 is 20.6 Å². The minimum absolute atomic E-state index is 0.0225. The van der Waals surface area contributed by atoms with Gasteiger partial charge in [-0.15, -0.1) is 0 Å². The summed E-state index contributed by atoms with van der Waals surface area (Å²) in [5.41, 5.74) is -0.190. The zero-order valence-electron chi connectivity index (χ0n) is 17.4. The fourth-order valence-electron chi connectivity index (χ4n) is 3.29. The van der Waals surface area contributed by atoms with Crippen LogP contribution in [-0.2, 0) is 7.05 Å². The van der Waals surface area contributed by atoms with Gasteiger partial charge in [0.1, 0.15) is 11.4 Å². The average molecular weight is 411 g/mol. The minimum atomic E-state index is -0.702. The molecule has 3 N–H and O–H groups in total. The Labute approximate surface area is 173 Å². The van der Waals surface area contributed by atoms with Crippen LogP contribution in [-0.4, -0.2) is 39.8 Å². The van der Waals surface area contributed by atoms with Crippen LogP contribution in [0.15, 0.2) is 39.9 Å². The number of amides is 1. The Morgan fingerprint density at radius 3 is 2.40 bits per heavy atom. The number of rotatable bonds is 8. The predicted octanol–water partition coefficient (Wildman–Crippen LogP) is 2.12. The first-order valence-corrected chi connectivity index (χ1v) is 9.65. The Hall–Kier alpha value is -3.62. The second-order valence-corrected chi connectivity index (χ2v) is 7.30. The zero-order valence-corrected chi connectivity index (χ0v) is 17.4. The van der Waals surface area contributed by atoms with Crippen molar-refractivity contribution in [3.8, 4) is 5.75 Å². The highest BCUT2D eigenvalue weighted by molar-refractivity contribution is 5.97. The highest BCUT2D eigenvalue weighted by atomic mass is 16.3. The molecule has 0 radical (unpaired) electrons. The van der Waals surface area contributed by atoms with Gasteiger partial charge in [-0.05, 0) is 12.0 Å². The summed E-state index contributed by atoms with van der Waals surface area (Å²) in [4.78, 5) is 38.0. The van der Waals surface area contributed by atoms with Gasteiger partial charge in [-0.2, -0.15) is 5.10 Å². The van der Waals surface area contributed by atoms with E-state index in [1.165, 1.54) is 16.6 Å². The molecule has 0 saturated heterocycles.